The number of nitrogens with zero attached hydrogens (tertiary/aromatic N) is 2. The molecule has 0 bridgehead atoms. The van der Waals surface area contributed by atoms with Gasteiger partial charge in [-0.3, -0.25) is 5.32 Å². The Kier molecular flexibility index (Phi) is 4.64. The number of nitrogen functional groups attached to an aromatic ring is 1. The van der Waals surface area contributed by atoms with Crippen LogP contribution in [0, 0.1) is 5.82 Å². The topological polar surface area (TPSA) is 99.4 Å². The molecule has 0 saturated carbocycles. The summed E-state index contributed by atoms with van der Waals surface area (Å²) in [5.74, 6) is -0.000349. The highest BCUT2D eigenvalue weighted by Gasteiger charge is 2.18. The first-order valence-corrected chi connectivity index (χ1v) is 8.52. The third-order valence-electron chi connectivity index (χ3n) is 3.04. The summed E-state index contributed by atoms with van der Waals surface area (Å²) in [7, 11) is 0. The van der Waals surface area contributed by atoms with E-state index in [-0.39, 0.29) is 5.69 Å². The standard InChI is InChI=1S/C17H17FN4O3S/c1-17(2,3)25-16(23)21-12-8-9(4-5-10(12)18)24-13-7-6-11-14(22-13)26-15(19)20-11/h4-8H,1-3H3,(H2,19,20)(H,21,23). The number of fused-ring (bicyclic) bond motifs is 1. The molecule has 3 N–H and O–H groups in total. The van der Waals surface area contributed by atoms with Crippen LogP contribution in [0.15, 0.2) is 30.3 Å². The predicted molar refractivity (Wildman–Crippen MR) is 98.2 cm³/mol. The minimum absolute atomic E-state index is 0.0557. The molecule has 3 rings (SSSR count). The van der Waals surface area contributed by atoms with E-state index >= 15 is 0 Å². The summed E-state index contributed by atoms with van der Waals surface area (Å²) in [6.07, 6.45) is -0.756. The molecular weight excluding hydrogens is 359 g/mol. The van der Waals surface area contributed by atoms with Crippen LogP contribution in [-0.4, -0.2) is 21.7 Å². The number of ether oxygens (including phenoxy) is 2. The maximum Gasteiger partial charge on any atom is 0.412 e. The van der Waals surface area contributed by atoms with Gasteiger partial charge in [0.25, 0.3) is 0 Å². The van der Waals surface area contributed by atoms with Crippen molar-refractivity contribution in [3.05, 3.63) is 36.1 Å². The third kappa shape index (κ3) is 4.37. The molecule has 26 heavy (non-hydrogen) atoms. The average molecular weight is 376 g/mol. The highest BCUT2D eigenvalue weighted by atomic mass is 32.1. The number of amides is 1. The monoisotopic (exact) mass is 376 g/mol. The molecule has 136 valence electrons. The summed E-state index contributed by atoms with van der Waals surface area (Å²) >= 11 is 1.24. The second-order valence-corrected chi connectivity index (χ2v) is 7.41. The Morgan fingerprint density at radius 3 is 2.73 bits per heavy atom. The van der Waals surface area contributed by atoms with Crippen LogP contribution in [0.2, 0.25) is 0 Å². The van der Waals surface area contributed by atoms with Gasteiger partial charge in [-0.2, -0.15) is 0 Å². The van der Waals surface area contributed by atoms with Gasteiger partial charge >= 0.3 is 6.09 Å². The molecule has 1 aromatic carbocycles. The smallest absolute Gasteiger partial charge is 0.412 e. The SMILES string of the molecule is CC(C)(C)OC(=O)Nc1cc(Oc2ccc3nc(N)sc3n2)ccc1F. The molecular formula is C17H17FN4O3S. The fraction of sp³-hybridized carbons (Fsp3) is 0.235. The molecule has 2 aromatic heterocycles. The van der Waals surface area contributed by atoms with Crippen molar-refractivity contribution in [2.45, 2.75) is 26.4 Å². The highest BCUT2D eigenvalue weighted by Crippen LogP contribution is 2.29. The lowest BCUT2D eigenvalue weighted by atomic mass is 10.2. The Hall–Kier alpha value is -2.94. The number of thiazole rings is 1. The number of anilines is 2. The number of nitrogens with two attached hydrogens (primary N) is 1. The Bertz CT molecular complexity index is 968. The number of aromatic nitrogens is 2. The summed E-state index contributed by atoms with van der Waals surface area (Å²) in [5.41, 5.74) is 5.58. The van der Waals surface area contributed by atoms with Gasteiger partial charge in [0.1, 0.15) is 27.5 Å². The van der Waals surface area contributed by atoms with Crippen LogP contribution in [0.3, 0.4) is 0 Å². The van der Waals surface area contributed by atoms with Crippen molar-refractivity contribution in [1.29, 1.82) is 0 Å². The first-order chi connectivity index (χ1) is 12.2. The zero-order chi connectivity index (χ0) is 18.9. The number of rotatable bonds is 3. The van der Waals surface area contributed by atoms with Crippen LogP contribution in [0.4, 0.5) is 20.0 Å². The molecule has 0 aliphatic rings. The molecule has 2 heterocycles. The van der Waals surface area contributed by atoms with Gasteiger partial charge in [-0.25, -0.2) is 19.2 Å². The van der Waals surface area contributed by atoms with Gasteiger partial charge in [-0.05, 0) is 39.0 Å². The quantitative estimate of drug-likeness (QED) is 0.695. The molecule has 0 fully saturated rings. The van der Waals surface area contributed by atoms with Gasteiger partial charge in [0.15, 0.2) is 5.13 Å². The van der Waals surface area contributed by atoms with Crippen molar-refractivity contribution in [2.24, 2.45) is 0 Å². The van der Waals surface area contributed by atoms with Crippen molar-refractivity contribution >= 4 is 38.6 Å². The maximum absolute atomic E-state index is 14.0. The molecule has 0 saturated heterocycles. The molecule has 0 unspecified atom stereocenters. The predicted octanol–water partition coefficient (Wildman–Crippen LogP) is 4.55. The van der Waals surface area contributed by atoms with E-state index in [2.05, 4.69) is 15.3 Å². The molecule has 3 aromatic rings. The maximum atomic E-state index is 14.0. The Balaban J connectivity index is 1.78. The normalized spacial score (nSPS) is 11.4. The molecule has 9 heteroatoms. The number of pyridine rings is 1. The van der Waals surface area contributed by atoms with Crippen LogP contribution in [0.25, 0.3) is 10.3 Å². The first-order valence-electron chi connectivity index (χ1n) is 7.70. The number of hydrogen-bond donors (Lipinski definition) is 2. The summed E-state index contributed by atoms with van der Waals surface area (Å²) in [5, 5.41) is 2.78. The van der Waals surface area contributed by atoms with Crippen LogP contribution in [0.5, 0.6) is 11.6 Å². The lowest BCUT2D eigenvalue weighted by Gasteiger charge is -2.20. The fourth-order valence-electron chi connectivity index (χ4n) is 2.07. The summed E-state index contributed by atoms with van der Waals surface area (Å²) in [6.45, 7) is 5.16. The highest BCUT2D eigenvalue weighted by molar-refractivity contribution is 7.21. The Morgan fingerprint density at radius 2 is 2.00 bits per heavy atom. The molecule has 0 aliphatic carbocycles. The molecule has 0 atom stereocenters. The summed E-state index contributed by atoms with van der Waals surface area (Å²) < 4.78 is 24.7. The summed E-state index contributed by atoms with van der Waals surface area (Å²) in [4.78, 5) is 20.9. The Morgan fingerprint density at radius 1 is 1.23 bits per heavy atom. The number of carbonyl (C=O) groups excluding carboxylic acids is 1. The zero-order valence-corrected chi connectivity index (χ0v) is 15.2. The van der Waals surface area contributed by atoms with Crippen molar-refractivity contribution in [1.82, 2.24) is 9.97 Å². The van der Waals surface area contributed by atoms with Crippen LogP contribution >= 0.6 is 11.3 Å². The average Bonchev–Trinajstić information content (AvgIpc) is 2.88. The molecule has 0 spiro atoms. The van der Waals surface area contributed by atoms with Gasteiger partial charge in [0.05, 0.1) is 5.69 Å². The number of nitrogens with one attached hydrogen (secondary N) is 1. The van der Waals surface area contributed by atoms with E-state index in [0.29, 0.717) is 27.1 Å². The van der Waals surface area contributed by atoms with Crippen LogP contribution < -0.4 is 15.8 Å². The molecule has 0 aliphatic heterocycles. The van der Waals surface area contributed by atoms with Gasteiger partial charge < -0.3 is 15.2 Å². The van der Waals surface area contributed by atoms with E-state index in [4.69, 9.17) is 15.2 Å². The van der Waals surface area contributed by atoms with Gasteiger partial charge in [-0.1, -0.05) is 11.3 Å². The van der Waals surface area contributed by atoms with Crippen molar-refractivity contribution in [2.75, 3.05) is 11.1 Å². The molecule has 7 nitrogen and oxygen atoms in total. The van der Waals surface area contributed by atoms with Gasteiger partial charge in [0.2, 0.25) is 5.88 Å². The lowest BCUT2D eigenvalue weighted by molar-refractivity contribution is 0.0635. The van der Waals surface area contributed by atoms with E-state index in [1.54, 1.807) is 32.9 Å². The minimum atomic E-state index is -0.756. The van der Waals surface area contributed by atoms with Gasteiger partial charge in [0, 0.05) is 12.1 Å². The lowest BCUT2D eigenvalue weighted by Crippen LogP contribution is -2.27. The van der Waals surface area contributed by atoms with E-state index < -0.39 is 17.5 Å². The number of benzene rings is 1. The minimum Gasteiger partial charge on any atom is -0.444 e. The molecule has 0 radical (unpaired) electrons. The van der Waals surface area contributed by atoms with Crippen LogP contribution in [-0.2, 0) is 4.74 Å². The largest absolute Gasteiger partial charge is 0.444 e. The first kappa shape index (κ1) is 17.9. The van der Waals surface area contributed by atoms with E-state index in [1.165, 1.54) is 29.5 Å². The van der Waals surface area contributed by atoms with Gasteiger partial charge in [-0.15, -0.1) is 0 Å². The van der Waals surface area contributed by atoms with E-state index in [1.807, 2.05) is 0 Å². The zero-order valence-electron chi connectivity index (χ0n) is 14.4. The van der Waals surface area contributed by atoms with E-state index in [0.717, 1.165) is 0 Å². The fourth-order valence-corrected chi connectivity index (χ4v) is 2.77. The summed E-state index contributed by atoms with van der Waals surface area (Å²) in [6, 6.07) is 7.33. The number of hydrogen-bond acceptors (Lipinski definition) is 7. The second-order valence-electron chi connectivity index (χ2n) is 6.40. The van der Waals surface area contributed by atoms with Crippen molar-refractivity contribution in [3.8, 4) is 11.6 Å². The third-order valence-corrected chi connectivity index (χ3v) is 3.84. The van der Waals surface area contributed by atoms with Crippen molar-refractivity contribution in [3.63, 3.8) is 0 Å². The number of carbonyl (C=O) groups is 1. The number of halogens is 1. The second kappa shape index (κ2) is 6.75. The Labute approximate surface area is 153 Å². The molecule has 1 amide bonds. The van der Waals surface area contributed by atoms with E-state index in [9.17, 15) is 9.18 Å². The van der Waals surface area contributed by atoms with Crippen LogP contribution in [0.1, 0.15) is 20.8 Å². The van der Waals surface area contributed by atoms with Crippen molar-refractivity contribution < 1.29 is 18.7 Å².